The van der Waals surface area contributed by atoms with Gasteiger partial charge in [0.1, 0.15) is 23.3 Å². The molecule has 1 saturated carbocycles. The van der Waals surface area contributed by atoms with Gasteiger partial charge in [-0.3, -0.25) is 4.79 Å². The van der Waals surface area contributed by atoms with Crippen LogP contribution in [0.3, 0.4) is 0 Å². The van der Waals surface area contributed by atoms with Crippen LogP contribution in [0.15, 0.2) is 36.4 Å². The van der Waals surface area contributed by atoms with Crippen molar-refractivity contribution >= 4 is 34.1 Å². The summed E-state index contributed by atoms with van der Waals surface area (Å²) in [7, 11) is 4.02. The van der Waals surface area contributed by atoms with Crippen molar-refractivity contribution in [3.63, 3.8) is 0 Å². The molecule has 0 radical (unpaired) electrons. The maximum absolute atomic E-state index is 14.0. The molecule has 4 rings (SSSR count). The second kappa shape index (κ2) is 11.4. The summed E-state index contributed by atoms with van der Waals surface area (Å²) in [5.74, 6) is 1.04. The average Bonchev–Trinajstić information content (AvgIpc) is 2.85. The summed E-state index contributed by atoms with van der Waals surface area (Å²) >= 11 is 5.83. The summed E-state index contributed by atoms with van der Waals surface area (Å²) in [6.07, 6.45) is 8.34. The first-order valence-electron chi connectivity index (χ1n) is 12.4. The quantitative estimate of drug-likeness (QED) is 0.227. The van der Waals surface area contributed by atoms with Crippen molar-refractivity contribution < 1.29 is 13.6 Å². The predicted molar refractivity (Wildman–Crippen MR) is 137 cm³/mol. The molecule has 0 spiro atoms. The molecule has 4 nitrogen and oxygen atoms in total. The average molecular weight is 500 g/mol. The number of carbonyl (C=O) groups is 1. The Morgan fingerprint density at radius 1 is 0.971 bits per heavy atom. The number of rotatable bonds is 9. The van der Waals surface area contributed by atoms with Crippen LogP contribution in [0, 0.1) is 23.5 Å². The van der Waals surface area contributed by atoms with Gasteiger partial charge in [-0.25, -0.2) is 18.7 Å². The highest BCUT2D eigenvalue weighted by molar-refractivity contribution is 6.34. The SMILES string of the molecule is CN(C)c1nc(CCCC2CCC(CCC(=O)c3c(F)ccc(F)c3Cl)CC2)nc2ccccc12. The van der Waals surface area contributed by atoms with Gasteiger partial charge in [-0.15, -0.1) is 0 Å². The number of aromatic nitrogens is 2. The molecule has 1 aliphatic rings. The summed E-state index contributed by atoms with van der Waals surface area (Å²) < 4.78 is 27.6. The van der Waals surface area contributed by atoms with Crippen LogP contribution in [0.4, 0.5) is 14.6 Å². The number of ketones is 1. The lowest BCUT2D eigenvalue weighted by atomic mass is 9.78. The van der Waals surface area contributed by atoms with E-state index in [2.05, 4.69) is 6.07 Å². The fraction of sp³-hybridized carbons (Fsp3) is 0.464. The topological polar surface area (TPSA) is 46.1 Å². The van der Waals surface area contributed by atoms with Crippen molar-refractivity contribution in [3.8, 4) is 0 Å². The number of hydrogen-bond donors (Lipinski definition) is 0. The highest BCUT2D eigenvalue weighted by Crippen LogP contribution is 2.35. The molecule has 0 bridgehead atoms. The van der Waals surface area contributed by atoms with E-state index >= 15 is 0 Å². The second-order valence-corrected chi connectivity index (χ2v) is 10.2. The highest BCUT2D eigenvalue weighted by atomic mass is 35.5. The van der Waals surface area contributed by atoms with E-state index in [0.717, 1.165) is 79.6 Å². The molecule has 0 unspecified atom stereocenters. The molecule has 1 aliphatic carbocycles. The number of benzene rings is 2. The monoisotopic (exact) mass is 499 g/mol. The standard InChI is InChI=1S/C28H32ClF2N3O/c1-34(2)28-20-7-3-4-8-23(20)32-25(33-28)9-5-6-18-10-12-19(13-11-18)14-17-24(35)26-21(30)15-16-22(31)27(26)29/h3-4,7-8,15-16,18-19H,5-6,9-14,17H2,1-2H3. The van der Waals surface area contributed by atoms with Gasteiger partial charge in [0.2, 0.25) is 0 Å². The molecule has 0 saturated heterocycles. The van der Waals surface area contributed by atoms with E-state index in [-0.39, 0.29) is 12.0 Å². The minimum Gasteiger partial charge on any atom is -0.362 e. The molecule has 3 aromatic rings. The van der Waals surface area contributed by atoms with Gasteiger partial charge in [-0.2, -0.15) is 0 Å². The Morgan fingerprint density at radius 3 is 2.34 bits per heavy atom. The van der Waals surface area contributed by atoms with Crippen LogP contribution in [0.5, 0.6) is 0 Å². The van der Waals surface area contributed by atoms with E-state index in [1.165, 1.54) is 0 Å². The lowest BCUT2D eigenvalue weighted by Gasteiger charge is -2.28. The lowest BCUT2D eigenvalue weighted by Crippen LogP contribution is -2.16. The van der Waals surface area contributed by atoms with Crippen LogP contribution in [0.1, 0.15) is 67.5 Å². The maximum Gasteiger partial charge on any atom is 0.167 e. The minimum absolute atomic E-state index is 0.197. The molecule has 186 valence electrons. The van der Waals surface area contributed by atoms with Gasteiger partial charge >= 0.3 is 0 Å². The Morgan fingerprint density at radius 2 is 1.63 bits per heavy atom. The number of fused-ring (bicyclic) bond motifs is 1. The number of halogens is 3. The molecule has 7 heteroatoms. The van der Waals surface area contributed by atoms with Crippen molar-refractivity contribution in [1.29, 1.82) is 0 Å². The van der Waals surface area contributed by atoms with Crippen molar-refractivity contribution in [2.45, 2.75) is 57.8 Å². The summed E-state index contributed by atoms with van der Waals surface area (Å²) in [5, 5.41) is 0.660. The molecule has 1 heterocycles. The van der Waals surface area contributed by atoms with E-state index < -0.39 is 22.4 Å². The number of hydrogen-bond acceptors (Lipinski definition) is 4. The molecular weight excluding hydrogens is 468 g/mol. The molecule has 2 aromatic carbocycles. The molecule has 35 heavy (non-hydrogen) atoms. The van der Waals surface area contributed by atoms with Gasteiger partial charge in [0.25, 0.3) is 0 Å². The molecule has 0 N–H and O–H groups in total. The van der Waals surface area contributed by atoms with Crippen LogP contribution in [0.2, 0.25) is 5.02 Å². The van der Waals surface area contributed by atoms with Crippen molar-refractivity contribution in [2.24, 2.45) is 11.8 Å². The molecule has 0 amide bonds. The summed E-state index contributed by atoms with van der Waals surface area (Å²) in [6, 6.07) is 10.0. The zero-order valence-corrected chi connectivity index (χ0v) is 21.1. The lowest BCUT2D eigenvalue weighted by molar-refractivity contribution is 0.0963. The van der Waals surface area contributed by atoms with Gasteiger partial charge in [-0.05, 0) is 48.9 Å². The van der Waals surface area contributed by atoms with Crippen LogP contribution < -0.4 is 4.90 Å². The molecule has 1 fully saturated rings. The van der Waals surface area contributed by atoms with E-state index in [0.29, 0.717) is 18.3 Å². The van der Waals surface area contributed by atoms with Crippen molar-refractivity contribution in [2.75, 3.05) is 19.0 Å². The Kier molecular flexibility index (Phi) is 8.32. The largest absolute Gasteiger partial charge is 0.362 e. The van der Waals surface area contributed by atoms with E-state index in [4.69, 9.17) is 21.6 Å². The fourth-order valence-electron chi connectivity index (χ4n) is 5.16. The van der Waals surface area contributed by atoms with Gasteiger partial charge in [0, 0.05) is 32.3 Å². The number of anilines is 1. The first-order chi connectivity index (χ1) is 16.8. The number of nitrogens with zero attached hydrogens (tertiary/aromatic N) is 3. The van der Waals surface area contributed by atoms with Crippen molar-refractivity contribution in [1.82, 2.24) is 9.97 Å². The summed E-state index contributed by atoms with van der Waals surface area (Å²) in [6.45, 7) is 0. The second-order valence-electron chi connectivity index (χ2n) is 9.83. The van der Waals surface area contributed by atoms with Gasteiger partial charge in [0.05, 0.1) is 16.1 Å². The van der Waals surface area contributed by atoms with Gasteiger partial charge in [-0.1, -0.05) is 55.8 Å². The van der Waals surface area contributed by atoms with Crippen LogP contribution in [-0.4, -0.2) is 29.8 Å². The van der Waals surface area contributed by atoms with Crippen molar-refractivity contribution in [3.05, 3.63) is 64.4 Å². The third kappa shape index (κ3) is 6.16. The van der Waals surface area contributed by atoms with Gasteiger partial charge in [0.15, 0.2) is 5.78 Å². The van der Waals surface area contributed by atoms with E-state index in [1.54, 1.807) is 0 Å². The Labute approximate surface area is 210 Å². The van der Waals surface area contributed by atoms with E-state index in [1.807, 2.05) is 37.2 Å². The Bertz CT molecular complexity index is 1190. The maximum atomic E-state index is 14.0. The molecule has 0 atom stereocenters. The minimum atomic E-state index is -0.760. The predicted octanol–water partition coefficient (Wildman–Crippen LogP) is 7.42. The first-order valence-corrected chi connectivity index (χ1v) is 12.8. The normalized spacial score (nSPS) is 18.1. The Hall–Kier alpha value is -2.60. The first kappa shape index (κ1) is 25.5. The summed E-state index contributed by atoms with van der Waals surface area (Å²) in [5.41, 5.74) is 0.671. The zero-order chi connectivity index (χ0) is 24.9. The number of carbonyl (C=O) groups excluding carboxylic acids is 1. The number of aryl methyl sites for hydroxylation is 1. The highest BCUT2D eigenvalue weighted by Gasteiger charge is 2.24. The fourth-order valence-corrected chi connectivity index (χ4v) is 5.42. The number of Topliss-reactive ketones (excluding diaryl/α,β-unsaturated/α-hetero) is 1. The molecule has 0 aliphatic heterocycles. The van der Waals surface area contributed by atoms with Crippen LogP contribution in [-0.2, 0) is 6.42 Å². The van der Waals surface area contributed by atoms with Crippen LogP contribution >= 0.6 is 11.6 Å². The van der Waals surface area contributed by atoms with Gasteiger partial charge < -0.3 is 4.90 Å². The zero-order valence-electron chi connectivity index (χ0n) is 20.4. The molecule has 1 aromatic heterocycles. The van der Waals surface area contributed by atoms with Crippen LogP contribution in [0.25, 0.3) is 10.9 Å². The van der Waals surface area contributed by atoms with E-state index in [9.17, 15) is 13.6 Å². The third-order valence-corrected chi connectivity index (χ3v) is 7.50. The Balaban J connectivity index is 1.23. The smallest absolute Gasteiger partial charge is 0.167 e. The molecular formula is C28H32ClF2N3O. The number of para-hydroxylation sites is 1. The third-order valence-electron chi connectivity index (χ3n) is 7.13. The summed E-state index contributed by atoms with van der Waals surface area (Å²) in [4.78, 5) is 24.1.